The lowest BCUT2D eigenvalue weighted by atomic mass is 10.1. The summed E-state index contributed by atoms with van der Waals surface area (Å²) < 4.78 is 51.3. The van der Waals surface area contributed by atoms with E-state index < -0.39 is 26.1 Å². The van der Waals surface area contributed by atoms with Gasteiger partial charge in [0.15, 0.2) is 21.4 Å². The van der Waals surface area contributed by atoms with Crippen LogP contribution in [0.4, 0.5) is 4.39 Å². The molecule has 0 amide bonds. The van der Waals surface area contributed by atoms with Gasteiger partial charge < -0.3 is 9.47 Å². The van der Waals surface area contributed by atoms with Crippen LogP contribution in [0.3, 0.4) is 0 Å². The molecule has 0 fully saturated rings. The molecule has 0 radical (unpaired) electrons. The summed E-state index contributed by atoms with van der Waals surface area (Å²) in [4.78, 5) is 16.8. The number of methoxy groups -OCH3 is 2. The van der Waals surface area contributed by atoms with E-state index in [0.29, 0.717) is 27.7 Å². The van der Waals surface area contributed by atoms with E-state index in [9.17, 15) is 17.6 Å². The fourth-order valence-electron chi connectivity index (χ4n) is 3.03. The van der Waals surface area contributed by atoms with Gasteiger partial charge in [0.05, 0.1) is 36.0 Å². The lowest BCUT2D eigenvalue weighted by Gasteiger charge is -2.10. The molecule has 7 nitrogen and oxygen atoms in total. The number of aromatic nitrogens is 2. The van der Waals surface area contributed by atoms with E-state index in [2.05, 4.69) is 4.98 Å². The second-order valence-corrected chi connectivity index (χ2v) is 9.48. The van der Waals surface area contributed by atoms with E-state index in [0.717, 1.165) is 24.4 Å². The maximum absolute atomic E-state index is 13.5. The second kappa shape index (κ2) is 7.95. The van der Waals surface area contributed by atoms with Crippen LogP contribution in [-0.4, -0.2) is 32.0 Å². The zero-order valence-electron chi connectivity index (χ0n) is 16.1. The van der Waals surface area contributed by atoms with Crippen molar-refractivity contribution in [2.45, 2.75) is 9.79 Å². The summed E-state index contributed by atoms with van der Waals surface area (Å²) in [6, 6.07) is 8.01. The van der Waals surface area contributed by atoms with Crippen LogP contribution in [0.2, 0.25) is 5.02 Å². The van der Waals surface area contributed by atoms with Crippen LogP contribution >= 0.6 is 22.9 Å². The zero-order valence-corrected chi connectivity index (χ0v) is 18.5. The van der Waals surface area contributed by atoms with Crippen molar-refractivity contribution in [1.29, 1.82) is 0 Å². The fraction of sp³-hybridized carbons (Fsp3) is 0.100. The molecule has 4 aromatic rings. The Kier molecular flexibility index (Phi) is 5.46. The number of benzene rings is 2. The number of sulfone groups is 1. The standard InChI is InChI=1S/C20H14ClFN2O5S2/c1-28-16-6-3-11(7-17(16)29-2)15-10-30-20-23-9-18(19(25)24(15)20)31(26,27)12-4-5-14(22)13(21)8-12/h3-10H,1-2H3. The first-order valence-electron chi connectivity index (χ1n) is 8.69. The predicted molar refractivity (Wildman–Crippen MR) is 115 cm³/mol. The summed E-state index contributed by atoms with van der Waals surface area (Å²) in [5, 5.41) is 1.33. The minimum absolute atomic E-state index is 0.305. The molecule has 0 aliphatic heterocycles. The van der Waals surface area contributed by atoms with E-state index in [1.54, 1.807) is 23.6 Å². The average molecular weight is 481 g/mol. The summed E-state index contributed by atoms with van der Waals surface area (Å²) in [7, 11) is -1.30. The molecule has 0 unspecified atom stereocenters. The molecule has 0 aliphatic rings. The molecule has 2 heterocycles. The molecule has 0 bridgehead atoms. The number of hydrogen-bond acceptors (Lipinski definition) is 7. The first-order chi connectivity index (χ1) is 14.8. The van der Waals surface area contributed by atoms with Crippen molar-refractivity contribution < 1.29 is 22.3 Å². The van der Waals surface area contributed by atoms with Gasteiger partial charge in [-0.05, 0) is 36.4 Å². The van der Waals surface area contributed by atoms with Gasteiger partial charge in [-0.2, -0.15) is 0 Å². The van der Waals surface area contributed by atoms with Gasteiger partial charge >= 0.3 is 0 Å². The molecule has 0 aliphatic carbocycles. The van der Waals surface area contributed by atoms with Crippen LogP contribution in [0.25, 0.3) is 16.2 Å². The van der Waals surface area contributed by atoms with Crippen LogP contribution in [0.1, 0.15) is 0 Å². The van der Waals surface area contributed by atoms with Crippen molar-refractivity contribution in [3.8, 4) is 22.8 Å². The number of halogens is 2. The Morgan fingerprint density at radius 1 is 1.10 bits per heavy atom. The third-order valence-corrected chi connectivity index (χ3v) is 7.45. The second-order valence-electron chi connectivity index (χ2n) is 6.32. The molecule has 160 valence electrons. The van der Waals surface area contributed by atoms with Gasteiger partial charge in [0, 0.05) is 10.9 Å². The normalized spacial score (nSPS) is 11.6. The molecule has 0 spiro atoms. The molecule has 31 heavy (non-hydrogen) atoms. The highest BCUT2D eigenvalue weighted by molar-refractivity contribution is 7.91. The van der Waals surface area contributed by atoms with E-state index >= 15 is 0 Å². The summed E-state index contributed by atoms with van der Waals surface area (Å²) in [6.45, 7) is 0. The molecule has 4 rings (SSSR count). The molecular formula is C20H14ClFN2O5S2. The van der Waals surface area contributed by atoms with Crippen molar-refractivity contribution in [3.05, 3.63) is 69.2 Å². The number of fused-ring (bicyclic) bond motifs is 1. The minimum atomic E-state index is -4.29. The van der Waals surface area contributed by atoms with E-state index in [-0.39, 0.29) is 9.92 Å². The molecular weight excluding hydrogens is 467 g/mol. The van der Waals surface area contributed by atoms with Gasteiger partial charge in [-0.25, -0.2) is 22.2 Å². The van der Waals surface area contributed by atoms with Crippen molar-refractivity contribution in [1.82, 2.24) is 9.38 Å². The third-order valence-electron chi connectivity index (χ3n) is 4.58. The van der Waals surface area contributed by atoms with Gasteiger partial charge in [-0.15, -0.1) is 11.3 Å². The average Bonchev–Trinajstić information content (AvgIpc) is 3.20. The summed E-state index contributed by atoms with van der Waals surface area (Å²) in [5.74, 6) is 0.192. The van der Waals surface area contributed by atoms with Crippen LogP contribution in [-0.2, 0) is 9.84 Å². The highest BCUT2D eigenvalue weighted by Crippen LogP contribution is 2.33. The number of ether oxygens (including phenoxy) is 2. The predicted octanol–water partition coefficient (Wildman–Crippen LogP) is 4.07. The Morgan fingerprint density at radius 3 is 2.52 bits per heavy atom. The van der Waals surface area contributed by atoms with Gasteiger partial charge in [-0.3, -0.25) is 4.79 Å². The molecule has 2 aromatic carbocycles. The molecule has 0 saturated carbocycles. The van der Waals surface area contributed by atoms with Gasteiger partial charge in [-0.1, -0.05) is 11.6 Å². The Balaban J connectivity index is 1.93. The summed E-state index contributed by atoms with van der Waals surface area (Å²) in [5.41, 5.74) is 0.260. The topological polar surface area (TPSA) is 87.0 Å². The number of nitrogens with zero attached hydrogens (tertiary/aromatic N) is 2. The Morgan fingerprint density at radius 2 is 1.84 bits per heavy atom. The summed E-state index contributed by atoms with van der Waals surface area (Å²) >= 11 is 6.90. The monoisotopic (exact) mass is 480 g/mol. The maximum Gasteiger partial charge on any atom is 0.278 e. The van der Waals surface area contributed by atoms with Crippen LogP contribution in [0, 0.1) is 5.82 Å². The van der Waals surface area contributed by atoms with Crippen molar-refractivity contribution in [2.24, 2.45) is 0 Å². The first kappa shape index (κ1) is 21.3. The van der Waals surface area contributed by atoms with Gasteiger partial charge in [0.1, 0.15) is 5.82 Å². The maximum atomic E-state index is 13.5. The molecule has 0 N–H and O–H groups in total. The van der Waals surface area contributed by atoms with E-state index in [1.165, 1.54) is 30.0 Å². The van der Waals surface area contributed by atoms with Gasteiger partial charge in [0.25, 0.3) is 5.56 Å². The first-order valence-corrected chi connectivity index (χ1v) is 11.4. The quantitative estimate of drug-likeness (QED) is 0.400. The largest absolute Gasteiger partial charge is 0.493 e. The molecule has 2 aromatic heterocycles. The van der Waals surface area contributed by atoms with Crippen LogP contribution in [0.15, 0.2) is 62.6 Å². The highest BCUT2D eigenvalue weighted by atomic mass is 35.5. The summed E-state index contributed by atoms with van der Waals surface area (Å²) in [6.07, 6.45) is 0.999. The fourth-order valence-corrected chi connectivity index (χ4v) is 5.42. The van der Waals surface area contributed by atoms with E-state index in [4.69, 9.17) is 21.1 Å². The Hall–Kier alpha value is -2.95. The molecule has 0 saturated heterocycles. The van der Waals surface area contributed by atoms with Crippen LogP contribution in [0.5, 0.6) is 11.5 Å². The van der Waals surface area contributed by atoms with Crippen molar-refractivity contribution in [3.63, 3.8) is 0 Å². The SMILES string of the molecule is COc1ccc(-c2csc3ncc(S(=O)(=O)c4ccc(F)c(Cl)c4)c(=O)n23)cc1OC. The lowest BCUT2D eigenvalue weighted by Crippen LogP contribution is -2.22. The zero-order chi connectivity index (χ0) is 22.3. The molecule has 11 heteroatoms. The molecule has 0 atom stereocenters. The van der Waals surface area contributed by atoms with Gasteiger partial charge in [0.2, 0.25) is 9.84 Å². The van der Waals surface area contributed by atoms with Crippen LogP contribution < -0.4 is 15.0 Å². The smallest absolute Gasteiger partial charge is 0.278 e. The number of rotatable bonds is 5. The number of hydrogen-bond donors (Lipinski definition) is 0. The van der Waals surface area contributed by atoms with E-state index in [1.807, 2.05) is 0 Å². The van der Waals surface area contributed by atoms with Crippen molar-refractivity contribution >= 4 is 37.7 Å². The lowest BCUT2D eigenvalue weighted by molar-refractivity contribution is 0.355. The number of thiazole rings is 1. The highest BCUT2D eigenvalue weighted by Gasteiger charge is 2.25. The Bertz CT molecular complexity index is 1480. The van der Waals surface area contributed by atoms with Crippen molar-refractivity contribution in [2.75, 3.05) is 14.2 Å². The Labute approximate surface area is 185 Å². The minimum Gasteiger partial charge on any atom is -0.493 e. The third kappa shape index (κ3) is 3.56.